The van der Waals surface area contributed by atoms with Gasteiger partial charge in [0.15, 0.2) is 0 Å². The third kappa shape index (κ3) is 5.12. The summed E-state index contributed by atoms with van der Waals surface area (Å²) in [5.74, 6) is 2.84. The maximum atomic E-state index is 13.4. The van der Waals surface area contributed by atoms with Gasteiger partial charge >= 0.3 is 0 Å². The number of aromatic nitrogens is 4. The number of anilines is 3. The molecule has 1 atom stereocenters. The minimum Gasteiger partial charge on any atom is -0.457 e. The summed E-state index contributed by atoms with van der Waals surface area (Å²) < 4.78 is 15.3. The smallest absolute Gasteiger partial charge is 0.274 e. The maximum Gasteiger partial charge on any atom is 0.274 e. The van der Waals surface area contributed by atoms with Gasteiger partial charge in [-0.3, -0.25) is 9.59 Å². The van der Waals surface area contributed by atoms with Gasteiger partial charge in [0.05, 0.1) is 17.6 Å². The molecule has 2 N–H and O–H groups in total. The first kappa shape index (κ1) is 24.2. The van der Waals surface area contributed by atoms with Crippen molar-refractivity contribution in [1.82, 2.24) is 19.1 Å². The van der Waals surface area contributed by atoms with E-state index < -0.39 is 0 Å². The molecular weight excluding hydrogens is 484 g/mol. The molecule has 196 valence electrons. The Kier molecular flexibility index (Phi) is 6.32. The third-order valence-electron chi connectivity index (χ3n) is 7.00. The van der Waals surface area contributed by atoms with Crippen LogP contribution >= 0.6 is 0 Å². The third-order valence-corrected chi connectivity index (χ3v) is 7.00. The SMILES string of the molecule is CC(=O)Nc1cc(Oc2ccc3nc(Nc4cc(C5CC5)cn(C[C@@H]5CCOC5)c4=O)n(C)c3c2)ccn1. The first-order valence-electron chi connectivity index (χ1n) is 12.9. The lowest BCUT2D eigenvalue weighted by atomic mass is 10.1. The number of imidazole rings is 1. The molecule has 0 bridgehead atoms. The highest BCUT2D eigenvalue weighted by Crippen LogP contribution is 2.40. The van der Waals surface area contributed by atoms with Crippen LogP contribution in [0.15, 0.2) is 53.6 Å². The van der Waals surface area contributed by atoms with Gasteiger partial charge in [-0.15, -0.1) is 0 Å². The quantitative estimate of drug-likeness (QED) is 0.355. The van der Waals surface area contributed by atoms with E-state index in [2.05, 4.69) is 15.6 Å². The lowest BCUT2D eigenvalue weighted by Crippen LogP contribution is -2.26. The van der Waals surface area contributed by atoms with E-state index in [0.29, 0.717) is 53.9 Å². The highest BCUT2D eigenvalue weighted by atomic mass is 16.5. The number of benzene rings is 1. The summed E-state index contributed by atoms with van der Waals surface area (Å²) in [5, 5.41) is 5.96. The van der Waals surface area contributed by atoms with Crippen molar-refractivity contribution in [1.29, 1.82) is 0 Å². The second kappa shape index (κ2) is 9.94. The first-order chi connectivity index (χ1) is 18.4. The van der Waals surface area contributed by atoms with Gasteiger partial charge in [0.1, 0.15) is 23.0 Å². The number of carbonyl (C=O) groups is 1. The second-order valence-electron chi connectivity index (χ2n) is 10.1. The van der Waals surface area contributed by atoms with Crippen molar-refractivity contribution in [2.24, 2.45) is 13.0 Å². The van der Waals surface area contributed by atoms with Crippen LogP contribution in [0.4, 0.5) is 17.5 Å². The van der Waals surface area contributed by atoms with Crippen LogP contribution < -0.4 is 20.9 Å². The Morgan fingerprint density at radius 3 is 2.76 bits per heavy atom. The van der Waals surface area contributed by atoms with E-state index in [1.54, 1.807) is 18.3 Å². The fraction of sp³-hybridized carbons (Fsp3) is 0.357. The normalized spacial score (nSPS) is 17.1. The van der Waals surface area contributed by atoms with Crippen LogP contribution in [-0.4, -0.2) is 38.2 Å². The molecule has 1 saturated heterocycles. The first-order valence-corrected chi connectivity index (χ1v) is 12.9. The van der Waals surface area contributed by atoms with Crippen LogP contribution in [0.25, 0.3) is 11.0 Å². The zero-order chi connectivity index (χ0) is 26.2. The van der Waals surface area contributed by atoms with E-state index >= 15 is 0 Å². The fourth-order valence-corrected chi connectivity index (χ4v) is 4.85. The number of ether oxygens (including phenoxy) is 2. The van der Waals surface area contributed by atoms with Gasteiger partial charge in [0, 0.05) is 57.6 Å². The number of aryl methyl sites for hydroxylation is 1. The van der Waals surface area contributed by atoms with Crippen LogP contribution in [-0.2, 0) is 23.1 Å². The summed E-state index contributed by atoms with van der Waals surface area (Å²) >= 11 is 0. The largest absolute Gasteiger partial charge is 0.457 e. The molecule has 1 amide bonds. The van der Waals surface area contributed by atoms with Gasteiger partial charge in [-0.2, -0.15) is 0 Å². The number of hydrogen-bond acceptors (Lipinski definition) is 7. The Hall–Kier alpha value is -4.18. The van der Waals surface area contributed by atoms with E-state index in [0.717, 1.165) is 36.9 Å². The average molecular weight is 515 g/mol. The van der Waals surface area contributed by atoms with Gasteiger partial charge in [-0.05, 0) is 55.0 Å². The highest BCUT2D eigenvalue weighted by molar-refractivity contribution is 5.87. The van der Waals surface area contributed by atoms with E-state index in [-0.39, 0.29) is 11.5 Å². The van der Waals surface area contributed by atoms with Gasteiger partial charge in [0.2, 0.25) is 11.9 Å². The number of hydrogen-bond donors (Lipinski definition) is 2. The predicted molar refractivity (Wildman–Crippen MR) is 144 cm³/mol. The van der Waals surface area contributed by atoms with Crippen molar-refractivity contribution < 1.29 is 14.3 Å². The molecule has 10 nitrogen and oxygen atoms in total. The van der Waals surface area contributed by atoms with Crippen molar-refractivity contribution in [3.8, 4) is 11.5 Å². The maximum absolute atomic E-state index is 13.4. The van der Waals surface area contributed by atoms with Crippen LogP contribution in [0.5, 0.6) is 11.5 Å². The summed E-state index contributed by atoms with van der Waals surface area (Å²) in [6, 6.07) is 11.0. The Bertz CT molecular complexity index is 1570. The molecule has 1 aliphatic heterocycles. The lowest BCUT2D eigenvalue weighted by molar-refractivity contribution is -0.114. The lowest BCUT2D eigenvalue weighted by Gasteiger charge is -2.15. The molecule has 38 heavy (non-hydrogen) atoms. The molecule has 1 aliphatic carbocycles. The zero-order valence-corrected chi connectivity index (χ0v) is 21.4. The van der Waals surface area contributed by atoms with Crippen LogP contribution in [0.3, 0.4) is 0 Å². The number of fused-ring (bicyclic) bond motifs is 1. The minimum atomic E-state index is -0.201. The van der Waals surface area contributed by atoms with E-state index in [1.165, 1.54) is 12.5 Å². The monoisotopic (exact) mass is 514 g/mol. The Labute approximate surface area is 219 Å². The van der Waals surface area contributed by atoms with E-state index in [4.69, 9.17) is 14.5 Å². The second-order valence-corrected chi connectivity index (χ2v) is 10.1. The number of nitrogens with one attached hydrogen (secondary N) is 2. The Balaban J connectivity index is 1.27. The predicted octanol–water partition coefficient (Wildman–Crippen LogP) is 4.54. The van der Waals surface area contributed by atoms with E-state index in [1.807, 2.05) is 46.6 Å². The standard InChI is InChI=1S/C28H30N6O4/c1-17(35)30-26-13-22(7-9-29-26)38-21-5-6-23-25(12-21)33(2)28(31-23)32-24-11-20(19-3-4-19)15-34(27(24)36)14-18-8-10-37-16-18/h5-7,9,11-13,15,18-19H,3-4,8,10,14,16H2,1-2H3,(H,31,32)(H,29,30,35)/t18-/m0/s1. The van der Waals surface area contributed by atoms with Crippen molar-refractivity contribution in [3.05, 3.63) is 64.7 Å². The fourth-order valence-electron chi connectivity index (χ4n) is 4.85. The van der Waals surface area contributed by atoms with Crippen molar-refractivity contribution in [3.63, 3.8) is 0 Å². The average Bonchev–Trinajstić information content (AvgIpc) is 3.53. The van der Waals surface area contributed by atoms with Gasteiger partial charge in [-0.25, -0.2) is 9.97 Å². The molecule has 6 rings (SSSR count). The Morgan fingerprint density at radius 2 is 2.00 bits per heavy atom. The van der Waals surface area contributed by atoms with Gasteiger partial charge in [-0.1, -0.05) is 0 Å². The summed E-state index contributed by atoms with van der Waals surface area (Å²) in [7, 11) is 1.90. The number of nitrogens with zero attached hydrogens (tertiary/aromatic N) is 4. The summed E-state index contributed by atoms with van der Waals surface area (Å²) in [6.45, 7) is 3.55. The summed E-state index contributed by atoms with van der Waals surface area (Å²) in [4.78, 5) is 33.6. The van der Waals surface area contributed by atoms with Crippen molar-refractivity contribution in [2.75, 3.05) is 23.8 Å². The molecule has 0 spiro atoms. The molecular formula is C28H30N6O4. The molecule has 4 heterocycles. The number of rotatable bonds is 8. The van der Waals surface area contributed by atoms with Crippen LogP contribution in [0, 0.1) is 5.92 Å². The number of carbonyl (C=O) groups excluding carboxylic acids is 1. The molecule has 4 aromatic rings. The van der Waals surface area contributed by atoms with Crippen molar-refractivity contribution in [2.45, 2.75) is 38.6 Å². The Morgan fingerprint density at radius 1 is 1.16 bits per heavy atom. The minimum absolute atomic E-state index is 0.0509. The molecule has 10 heteroatoms. The van der Waals surface area contributed by atoms with E-state index in [9.17, 15) is 9.59 Å². The molecule has 2 aliphatic rings. The molecule has 3 aromatic heterocycles. The zero-order valence-electron chi connectivity index (χ0n) is 21.4. The number of amides is 1. The summed E-state index contributed by atoms with van der Waals surface area (Å²) in [5.41, 5.74) is 3.30. The number of pyridine rings is 2. The van der Waals surface area contributed by atoms with Crippen LogP contribution in [0.2, 0.25) is 0 Å². The molecule has 1 saturated carbocycles. The molecule has 2 fully saturated rings. The van der Waals surface area contributed by atoms with Crippen molar-refractivity contribution >= 4 is 34.4 Å². The van der Waals surface area contributed by atoms with Gasteiger partial charge in [0.25, 0.3) is 5.56 Å². The molecule has 0 unspecified atom stereocenters. The molecule has 0 radical (unpaired) electrons. The highest BCUT2D eigenvalue weighted by Gasteiger charge is 2.26. The van der Waals surface area contributed by atoms with Crippen LogP contribution in [0.1, 0.15) is 37.7 Å². The van der Waals surface area contributed by atoms with Gasteiger partial charge < -0.3 is 29.2 Å². The topological polar surface area (TPSA) is 112 Å². The molecule has 1 aromatic carbocycles. The summed E-state index contributed by atoms with van der Waals surface area (Å²) in [6.07, 6.45) is 6.89.